The number of hydrogen-bond donors (Lipinski definition) is 0. The number of benzene rings is 1. The molecule has 0 unspecified atom stereocenters. The SMILES string of the molecule is COc1cc2c(cc1Cc1ccn3cnnc3c1)C(=O)N(c1ncccc1F)CC2. The quantitative estimate of drug-likeness (QED) is 0.524. The van der Waals surface area contributed by atoms with Crippen LogP contribution in [0.15, 0.2) is 55.1 Å². The summed E-state index contributed by atoms with van der Waals surface area (Å²) >= 11 is 0. The van der Waals surface area contributed by atoms with E-state index in [4.69, 9.17) is 4.74 Å². The molecule has 1 aliphatic heterocycles. The molecule has 4 aromatic rings. The molecular formula is C22H18FN5O2. The van der Waals surface area contributed by atoms with Gasteiger partial charge in [-0.25, -0.2) is 9.37 Å². The molecule has 1 aliphatic rings. The maximum absolute atomic E-state index is 14.2. The predicted octanol–water partition coefficient (Wildman–Crippen LogP) is 3.07. The third-order valence-corrected chi connectivity index (χ3v) is 5.34. The van der Waals surface area contributed by atoms with Gasteiger partial charge in [0, 0.05) is 30.9 Å². The van der Waals surface area contributed by atoms with Gasteiger partial charge in [0.15, 0.2) is 17.3 Å². The molecule has 30 heavy (non-hydrogen) atoms. The van der Waals surface area contributed by atoms with Crippen molar-refractivity contribution in [3.63, 3.8) is 0 Å². The van der Waals surface area contributed by atoms with Gasteiger partial charge in [0.25, 0.3) is 5.91 Å². The Labute approximate surface area is 171 Å². The number of carbonyl (C=O) groups is 1. The minimum atomic E-state index is -0.510. The highest BCUT2D eigenvalue weighted by molar-refractivity contribution is 6.08. The van der Waals surface area contributed by atoms with E-state index in [1.807, 2.05) is 34.9 Å². The van der Waals surface area contributed by atoms with Crippen LogP contribution in [0, 0.1) is 5.82 Å². The first kappa shape index (κ1) is 18.2. The summed E-state index contributed by atoms with van der Waals surface area (Å²) in [4.78, 5) is 18.6. The molecule has 0 N–H and O–H groups in total. The lowest BCUT2D eigenvalue weighted by atomic mass is 9.93. The summed E-state index contributed by atoms with van der Waals surface area (Å²) in [6, 6.07) is 10.5. The van der Waals surface area contributed by atoms with Gasteiger partial charge in [-0.1, -0.05) is 0 Å². The predicted molar refractivity (Wildman–Crippen MR) is 108 cm³/mol. The molecule has 1 amide bonds. The molecule has 4 heterocycles. The summed E-state index contributed by atoms with van der Waals surface area (Å²) in [5, 5.41) is 7.97. The number of aromatic nitrogens is 4. The van der Waals surface area contributed by atoms with Crippen molar-refractivity contribution < 1.29 is 13.9 Å². The third-order valence-electron chi connectivity index (χ3n) is 5.34. The van der Waals surface area contributed by atoms with Crippen molar-refractivity contribution in [3.8, 4) is 5.75 Å². The van der Waals surface area contributed by atoms with Crippen LogP contribution in [0.2, 0.25) is 0 Å². The number of ether oxygens (including phenoxy) is 1. The van der Waals surface area contributed by atoms with Gasteiger partial charge in [-0.2, -0.15) is 0 Å². The molecule has 0 saturated carbocycles. The van der Waals surface area contributed by atoms with E-state index in [1.54, 1.807) is 13.4 Å². The van der Waals surface area contributed by atoms with E-state index < -0.39 is 5.82 Å². The van der Waals surface area contributed by atoms with Gasteiger partial charge < -0.3 is 4.74 Å². The van der Waals surface area contributed by atoms with Gasteiger partial charge in [0.2, 0.25) is 0 Å². The Hall–Kier alpha value is -3.81. The second-order valence-electron chi connectivity index (χ2n) is 7.15. The van der Waals surface area contributed by atoms with Crippen LogP contribution in [0.5, 0.6) is 5.75 Å². The Kier molecular flexibility index (Phi) is 4.39. The van der Waals surface area contributed by atoms with Crippen molar-refractivity contribution in [3.05, 3.63) is 83.2 Å². The smallest absolute Gasteiger partial charge is 0.259 e. The molecule has 7 nitrogen and oxygen atoms in total. The van der Waals surface area contributed by atoms with Gasteiger partial charge in [-0.05, 0) is 59.5 Å². The zero-order chi connectivity index (χ0) is 20.7. The zero-order valence-electron chi connectivity index (χ0n) is 16.2. The van der Waals surface area contributed by atoms with Crippen LogP contribution in [0.1, 0.15) is 27.0 Å². The molecule has 0 spiro atoms. The molecule has 8 heteroatoms. The standard InChI is InChI=1S/C22H18FN5O2/c1-30-19-12-15-5-8-28(21-18(23)3-2-6-24-21)22(29)17(15)11-16(19)9-14-4-7-27-13-25-26-20(27)10-14/h2-4,6-7,10-13H,5,8-9H2,1H3. The van der Waals surface area contributed by atoms with Crippen LogP contribution in [-0.2, 0) is 12.8 Å². The summed E-state index contributed by atoms with van der Waals surface area (Å²) < 4.78 is 21.6. The van der Waals surface area contributed by atoms with Crippen molar-refractivity contribution in [1.29, 1.82) is 0 Å². The summed E-state index contributed by atoms with van der Waals surface area (Å²) in [5.74, 6) is 0.0124. The Balaban J connectivity index is 1.52. The van der Waals surface area contributed by atoms with E-state index in [0.717, 1.165) is 28.1 Å². The average Bonchev–Trinajstić information content (AvgIpc) is 3.23. The maximum atomic E-state index is 14.2. The number of amides is 1. The summed E-state index contributed by atoms with van der Waals surface area (Å²) in [6.07, 6.45) is 6.18. The largest absolute Gasteiger partial charge is 0.496 e. The number of fused-ring (bicyclic) bond motifs is 2. The number of rotatable bonds is 4. The van der Waals surface area contributed by atoms with E-state index in [1.165, 1.54) is 23.2 Å². The van der Waals surface area contributed by atoms with Gasteiger partial charge in [-0.3, -0.25) is 14.1 Å². The number of halogens is 1. The normalized spacial score (nSPS) is 13.5. The third kappa shape index (κ3) is 3.06. The van der Waals surface area contributed by atoms with Gasteiger partial charge in [-0.15, -0.1) is 10.2 Å². The Morgan fingerprint density at radius 2 is 2.13 bits per heavy atom. The minimum Gasteiger partial charge on any atom is -0.496 e. The maximum Gasteiger partial charge on any atom is 0.259 e. The summed E-state index contributed by atoms with van der Waals surface area (Å²) in [5.41, 5.74) is 4.07. The topological polar surface area (TPSA) is 72.6 Å². The van der Waals surface area contributed by atoms with E-state index >= 15 is 0 Å². The molecule has 150 valence electrons. The zero-order valence-corrected chi connectivity index (χ0v) is 16.2. The highest BCUT2D eigenvalue weighted by Crippen LogP contribution is 2.31. The molecule has 0 fully saturated rings. The first-order valence-electron chi connectivity index (χ1n) is 9.54. The van der Waals surface area contributed by atoms with Crippen LogP contribution in [0.3, 0.4) is 0 Å². The van der Waals surface area contributed by atoms with Crippen LogP contribution in [-0.4, -0.2) is 39.1 Å². The molecule has 3 aromatic heterocycles. The highest BCUT2D eigenvalue weighted by Gasteiger charge is 2.29. The molecule has 0 saturated heterocycles. The summed E-state index contributed by atoms with van der Waals surface area (Å²) in [6.45, 7) is 0.367. The molecule has 0 radical (unpaired) electrons. The number of nitrogens with zero attached hydrogens (tertiary/aromatic N) is 5. The molecule has 1 aromatic carbocycles. The fourth-order valence-electron chi connectivity index (χ4n) is 3.85. The molecule has 0 aliphatic carbocycles. The van der Waals surface area contributed by atoms with Gasteiger partial charge >= 0.3 is 0 Å². The highest BCUT2D eigenvalue weighted by atomic mass is 19.1. The van der Waals surface area contributed by atoms with Crippen molar-refractivity contribution >= 4 is 17.4 Å². The number of pyridine rings is 2. The number of methoxy groups -OCH3 is 1. The van der Waals surface area contributed by atoms with Crippen molar-refractivity contribution in [2.75, 3.05) is 18.6 Å². The number of carbonyl (C=O) groups excluding carboxylic acids is 1. The Morgan fingerprint density at radius 1 is 1.23 bits per heavy atom. The molecular weight excluding hydrogens is 385 g/mol. The van der Waals surface area contributed by atoms with Crippen LogP contribution < -0.4 is 9.64 Å². The number of anilines is 1. The second-order valence-corrected chi connectivity index (χ2v) is 7.15. The fraction of sp³-hybridized carbons (Fsp3) is 0.182. The van der Waals surface area contributed by atoms with E-state index in [-0.39, 0.29) is 11.7 Å². The Bertz CT molecular complexity index is 1270. The first-order chi connectivity index (χ1) is 14.6. The van der Waals surface area contributed by atoms with Crippen LogP contribution in [0.25, 0.3) is 5.65 Å². The van der Waals surface area contributed by atoms with Crippen molar-refractivity contribution in [2.24, 2.45) is 0 Å². The van der Waals surface area contributed by atoms with Crippen molar-refractivity contribution in [2.45, 2.75) is 12.8 Å². The second kappa shape index (κ2) is 7.22. The van der Waals surface area contributed by atoms with Crippen molar-refractivity contribution in [1.82, 2.24) is 19.6 Å². The molecule has 0 atom stereocenters. The molecule has 0 bridgehead atoms. The summed E-state index contributed by atoms with van der Waals surface area (Å²) in [7, 11) is 1.62. The lowest BCUT2D eigenvalue weighted by Crippen LogP contribution is -2.38. The van der Waals surface area contributed by atoms with Crippen LogP contribution >= 0.6 is 0 Å². The monoisotopic (exact) mass is 403 g/mol. The average molecular weight is 403 g/mol. The first-order valence-corrected chi connectivity index (χ1v) is 9.54. The number of hydrogen-bond acceptors (Lipinski definition) is 5. The molecule has 5 rings (SSSR count). The van der Waals surface area contributed by atoms with Crippen LogP contribution in [0.4, 0.5) is 10.2 Å². The van der Waals surface area contributed by atoms with E-state index in [0.29, 0.717) is 24.9 Å². The Morgan fingerprint density at radius 3 is 2.97 bits per heavy atom. The lowest BCUT2D eigenvalue weighted by Gasteiger charge is -2.29. The lowest BCUT2D eigenvalue weighted by molar-refractivity contribution is 0.0978. The van der Waals surface area contributed by atoms with Gasteiger partial charge in [0.05, 0.1) is 7.11 Å². The van der Waals surface area contributed by atoms with E-state index in [2.05, 4.69) is 15.2 Å². The van der Waals surface area contributed by atoms with E-state index in [9.17, 15) is 9.18 Å². The van der Waals surface area contributed by atoms with Gasteiger partial charge in [0.1, 0.15) is 12.1 Å². The minimum absolute atomic E-state index is 0.0581. The fourth-order valence-corrected chi connectivity index (χ4v) is 3.85.